The monoisotopic (exact) mass is 549 g/mol. The van der Waals surface area contributed by atoms with E-state index in [9.17, 15) is 25.2 Å². The van der Waals surface area contributed by atoms with Gasteiger partial charge in [0.05, 0.1) is 18.8 Å². The van der Waals surface area contributed by atoms with E-state index in [0.29, 0.717) is 18.4 Å². The van der Waals surface area contributed by atoms with Crippen molar-refractivity contribution in [3.8, 4) is 0 Å². The maximum absolute atomic E-state index is 12.4. The third kappa shape index (κ3) is 4.02. The first-order chi connectivity index (χ1) is 18.4. The van der Waals surface area contributed by atoms with Crippen LogP contribution in [0, 0.1) is 34.5 Å². The van der Waals surface area contributed by atoms with E-state index in [1.165, 1.54) is 0 Å². The Morgan fingerprint density at radius 3 is 2.44 bits per heavy atom. The fourth-order valence-corrected chi connectivity index (χ4v) is 10.3. The van der Waals surface area contributed by atoms with Crippen LogP contribution in [0.25, 0.3) is 0 Å². The molecule has 0 aromatic rings. The quantitative estimate of drug-likeness (QED) is 0.308. The number of hydroxylamine groups is 2. The second-order valence-electron chi connectivity index (χ2n) is 14.0. The fraction of sp³-hybridized carbons (Fsp3) is 0.900. The Morgan fingerprint density at radius 1 is 0.974 bits per heavy atom. The lowest BCUT2D eigenvalue weighted by Crippen LogP contribution is -2.65. The van der Waals surface area contributed by atoms with Crippen LogP contribution < -0.4 is 0 Å². The number of rotatable bonds is 4. The van der Waals surface area contributed by atoms with E-state index in [1.807, 2.05) is 0 Å². The summed E-state index contributed by atoms with van der Waals surface area (Å²) in [5.74, 6) is 1.09. The van der Waals surface area contributed by atoms with E-state index in [-0.39, 0.29) is 34.7 Å². The normalized spacial score (nSPS) is 53.6. The van der Waals surface area contributed by atoms with Crippen molar-refractivity contribution in [2.75, 3.05) is 13.7 Å². The van der Waals surface area contributed by atoms with E-state index in [4.69, 9.17) is 14.3 Å². The third-order valence-corrected chi connectivity index (χ3v) is 12.6. The molecule has 39 heavy (non-hydrogen) atoms. The number of cyclic esters (lactones) is 1. The minimum Gasteiger partial charge on any atom is -0.458 e. The van der Waals surface area contributed by atoms with E-state index in [2.05, 4.69) is 13.8 Å². The van der Waals surface area contributed by atoms with Crippen LogP contribution in [0.1, 0.15) is 78.6 Å². The molecule has 9 nitrogen and oxygen atoms in total. The first kappa shape index (κ1) is 28.1. The van der Waals surface area contributed by atoms with E-state index >= 15 is 0 Å². The predicted octanol–water partition coefficient (Wildman–Crippen LogP) is 2.30. The molecule has 220 valence electrons. The number of fused-ring (bicyclic) bond motifs is 5. The third-order valence-electron chi connectivity index (χ3n) is 12.6. The maximum Gasteiger partial charge on any atom is 0.331 e. The molecule has 13 atom stereocenters. The van der Waals surface area contributed by atoms with Gasteiger partial charge in [-0.2, -0.15) is 5.06 Å². The number of ether oxygens (including phenoxy) is 2. The van der Waals surface area contributed by atoms with Crippen molar-refractivity contribution in [3.05, 3.63) is 11.6 Å². The summed E-state index contributed by atoms with van der Waals surface area (Å²) < 4.78 is 11.2. The van der Waals surface area contributed by atoms with Crippen LogP contribution in [0.5, 0.6) is 0 Å². The molecule has 2 heterocycles. The molecular formula is C30H47NO8. The SMILES string of the molecule is CON(C1O[C@@H](C)[C@H](O)[C@@H](O)[C@H]1O)[C@@H]1CC[C@@]2(C)C(CCC3C2CC[C@]2(C)[C@@H](C4=CC(=O)OC4)CC[C@]32O)C1. The van der Waals surface area contributed by atoms with Gasteiger partial charge in [-0.25, -0.2) is 4.79 Å². The van der Waals surface area contributed by atoms with Gasteiger partial charge in [0.25, 0.3) is 0 Å². The average Bonchev–Trinajstić information content (AvgIpc) is 3.45. The number of hydrogen-bond donors (Lipinski definition) is 4. The van der Waals surface area contributed by atoms with Crippen LogP contribution in [-0.4, -0.2) is 87.5 Å². The highest BCUT2D eigenvalue weighted by Gasteiger charge is 2.68. The standard InChI is InChI=1S/C30H47NO8/c1-16-24(33)25(34)26(35)27(39-16)31(37-4)19-7-10-28(2)18(14-19)5-6-22-21(28)8-11-29(3)20(9-12-30(22,29)36)17-13-23(32)38-15-17/h13,16,18-22,24-27,33-36H,5-12,14-15H2,1-4H3/t16-,18?,19+,20+,21?,22?,24-,25+,26+,27?,28-,29+,30-/m0/s1. The van der Waals surface area contributed by atoms with E-state index in [0.717, 1.165) is 63.4 Å². The van der Waals surface area contributed by atoms with Crippen molar-refractivity contribution in [1.29, 1.82) is 0 Å². The molecule has 0 radical (unpaired) electrons. The van der Waals surface area contributed by atoms with Gasteiger partial charge in [-0.1, -0.05) is 13.8 Å². The lowest BCUT2D eigenvalue weighted by Gasteiger charge is -2.64. The van der Waals surface area contributed by atoms with Crippen molar-refractivity contribution < 1.29 is 39.5 Å². The minimum absolute atomic E-state index is 0.0264. The molecule has 5 fully saturated rings. The van der Waals surface area contributed by atoms with Gasteiger partial charge in [0, 0.05) is 17.5 Å². The predicted molar refractivity (Wildman–Crippen MR) is 141 cm³/mol. The Kier molecular flexibility index (Phi) is 7.02. The molecule has 0 amide bonds. The maximum atomic E-state index is 12.4. The summed E-state index contributed by atoms with van der Waals surface area (Å²) in [6.07, 6.45) is 5.02. The topological polar surface area (TPSA) is 129 Å². The molecule has 4 aliphatic carbocycles. The van der Waals surface area contributed by atoms with Gasteiger partial charge >= 0.3 is 5.97 Å². The fourth-order valence-electron chi connectivity index (χ4n) is 10.3. The smallest absolute Gasteiger partial charge is 0.331 e. The Balaban J connectivity index is 1.19. The number of carbonyl (C=O) groups excluding carboxylic acids is 1. The number of nitrogens with zero attached hydrogens (tertiary/aromatic N) is 1. The van der Waals surface area contributed by atoms with Crippen molar-refractivity contribution in [1.82, 2.24) is 5.06 Å². The first-order valence-electron chi connectivity index (χ1n) is 15.1. The number of aliphatic hydroxyl groups is 4. The largest absolute Gasteiger partial charge is 0.458 e. The molecule has 0 bridgehead atoms. The summed E-state index contributed by atoms with van der Waals surface area (Å²) in [6.45, 7) is 6.76. The summed E-state index contributed by atoms with van der Waals surface area (Å²) >= 11 is 0. The molecule has 0 aromatic heterocycles. The number of carbonyl (C=O) groups is 1. The van der Waals surface area contributed by atoms with Gasteiger partial charge in [0.15, 0.2) is 6.23 Å². The second kappa shape index (κ2) is 9.75. The Morgan fingerprint density at radius 2 is 1.74 bits per heavy atom. The highest BCUT2D eigenvalue weighted by Crippen LogP contribution is 2.70. The van der Waals surface area contributed by atoms with Crippen LogP contribution in [0.2, 0.25) is 0 Å². The zero-order chi connectivity index (χ0) is 27.9. The minimum atomic E-state index is -1.29. The summed E-state index contributed by atoms with van der Waals surface area (Å²) in [5, 5.41) is 45.4. The molecule has 4 saturated carbocycles. The van der Waals surface area contributed by atoms with Crippen LogP contribution in [0.3, 0.4) is 0 Å². The summed E-state index contributed by atoms with van der Waals surface area (Å²) in [7, 11) is 1.58. The molecule has 6 aliphatic rings. The van der Waals surface area contributed by atoms with Crippen LogP contribution in [0.15, 0.2) is 11.6 Å². The molecule has 4 N–H and O–H groups in total. The van der Waals surface area contributed by atoms with Gasteiger partial charge in [-0.05, 0) is 99.4 Å². The molecule has 6 rings (SSSR count). The van der Waals surface area contributed by atoms with Crippen molar-refractivity contribution in [2.24, 2.45) is 34.5 Å². The van der Waals surface area contributed by atoms with Gasteiger partial charge in [0.2, 0.25) is 0 Å². The van der Waals surface area contributed by atoms with Crippen molar-refractivity contribution >= 4 is 5.97 Å². The number of hydrogen-bond acceptors (Lipinski definition) is 9. The first-order valence-corrected chi connectivity index (χ1v) is 15.1. The van der Waals surface area contributed by atoms with Crippen molar-refractivity contribution in [2.45, 2.75) is 121 Å². The Hall–Kier alpha value is -1.07. The number of esters is 1. The lowest BCUT2D eigenvalue weighted by molar-refractivity contribution is -0.340. The summed E-state index contributed by atoms with van der Waals surface area (Å²) in [5.41, 5.74) is 0.201. The summed E-state index contributed by atoms with van der Waals surface area (Å²) in [4.78, 5) is 17.6. The van der Waals surface area contributed by atoms with Gasteiger partial charge < -0.3 is 29.9 Å². The molecule has 4 unspecified atom stereocenters. The van der Waals surface area contributed by atoms with Crippen LogP contribution >= 0.6 is 0 Å². The van der Waals surface area contributed by atoms with Gasteiger partial charge in [0.1, 0.15) is 24.9 Å². The number of aliphatic hydroxyl groups excluding tert-OH is 3. The molecule has 9 heteroatoms. The molecule has 1 saturated heterocycles. The van der Waals surface area contributed by atoms with Gasteiger partial charge in [-0.3, -0.25) is 4.84 Å². The van der Waals surface area contributed by atoms with E-state index in [1.54, 1.807) is 25.2 Å². The zero-order valence-electron chi connectivity index (χ0n) is 23.8. The van der Waals surface area contributed by atoms with E-state index < -0.39 is 36.2 Å². The molecule has 0 spiro atoms. The zero-order valence-corrected chi connectivity index (χ0v) is 23.8. The Bertz CT molecular complexity index is 1010. The van der Waals surface area contributed by atoms with Crippen LogP contribution in [-0.2, 0) is 19.1 Å². The highest BCUT2D eigenvalue weighted by molar-refractivity contribution is 5.85. The molecule has 0 aromatic carbocycles. The second-order valence-corrected chi connectivity index (χ2v) is 14.0. The van der Waals surface area contributed by atoms with Crippen molar-refractivity contribution in [3.63, 3.8) is 0 Å². The average molecular weight is 550 g/mol. The van der Waals surface area contributed by atoms with Gasteiger partial charge in [-0.15, -0.1) is 0 Å². The molecular weight excluding hydrogens is 502 g/mol. The summed E-state index contributed by atoms with van der Waals surface area (Å²) in [6, 6.07) is 0.0264. The Labute approximate surface area is 231 Å². The lowest BCUT2D eigenvalue weighted by atomic mass is 9.43. The molecule has 2 aliphatic heterocycles. The highest BCUT2D eigenvalue weighted by atomic mass is 16.7. The van der Waals surface area contributed by atoms with Crippen LogP contribution in [0.4, 0.5) is 0 Å².